The van der Waals surface area contributed by atoms with E-state index in [0.29, 0.717) is 37.9 Å². The van der Waals surface area contributed by atoms with Gasteiger partial charge in [0, 0.05) is 30.0 Å². The van der Waals surface area contributed by atoms with Crippen molar-refractivity contribution in [3.63, 3.8) is 0 Å². The van der Waals surface area contributed by atoms with E-state index in [9.17, 15) is 13.2 Å². The number of fused-ring (bicyclic) bond motifs is 1. The number of rotatable bonds is 13. The average molecular weight is 554 g/mol. The molecule has 0 spiro atoms. The third-order valence-electron chi connectivity index (χ3n) is 6.74. The third kappa shape index (κ3) is 7.50. The van der Waals surface area contributed by atoms with Crippen LogP contribution in [-0.2, 0) is 34.1 Å². The van der Waals surface area contributed by atoms with E-state index in [-0.39, 0.29) is 18.1 Å². The molecule has 0 saturated carbocycles. The van der Waals surface area contributed by atoms with E-state index in [2.05, 4.69) is 31.0 Å². The summed E-state index contributed by atoms with van der Waals surface area (Å²) in [5, 5.41) is 9.09. The van der Waals surface area contributed by atoms with Gasteiger partial charge >= 0.3 is 5.97 Å². The van der Waals surface area contributed by atoms with E-state index in [0.717, 1.165) is 35.3 Å². The smallest absolute Gasteiger partial charge is 0.304 e. The number of carboxylic acids is 1. The minimum Gasteiger partial charge on any atom is -0.494 e. The Hall–Kier alpha value is -3.59. The topological polar surface area (TPSA) is 112 Å². The zero-order valence-corrected chi connectivity index (χ0v) is 23.4. The largest absolute Gasteiger partial charge is 0.494 e. The highest BCUT2D eigenvalue weighted by Crippen LogP contribution is 2.37. The Labute approximate surface area is 229 Å². The number of aliphatic carboxylic acids is 1. The molecular weight excluding hydrogens is 518 g/mol. The van der Waals surface area contributed by atoms with Gasteiger partial charge in [0.1, 0.15) is 27.9 Å². The molecule has 4 rings (SSSR count). The van der Waals surface area contributed by atoms with Gasteiger partial charge in [0.25, 0.3) is 0 Å². The van der Waals surface area contributed by atoms with Gasteiger partial charge in [-0.3, -0.25) is 4.79 Å². The van der Waals surface area contributed by atoms with Gasteiger partial charge in [-0.1, -0.05) is 32.0 Å². The highest BCUT2D eigenvalue weighted by atomic mass is 32.2. The Kier molecular flexibility index (Phi) is 9.12. The number of aryl methyl sites for hydroxylation is 2. The molecular formula is C30H35NO7S. The molecule has 0 bridgehead atoms. The predicted molar refractivity (Wildman–Crippen MR) is 150 cm³/mol. The maximum absolute atomic E-state index is 11.4. The number of pyridine rings is 1. The first-order valence-electron chi connectivity index (χ1n) is 13.2. The van der Waals surface area contributed by atoms with E-state index >= 15 is 0 Å². The summed E-state index contributed by atoms with van der Waals surface area (Å²) in [6.07, 6.45) is 5.00. The number of hydrogen-bond donors (Lipinski definition) is 1. The van der Waals surface area contributed by atoms with Gasteiger partial charge in [0.15, 0.2) is 0 Å². The fourth-order valence-corrected chi connectivity index (χ4v) is 5.47. The second kappa shape index (κ2) is 12.5. The monoisotopic (exact) mass is 553 g/mol. The molecule has 1 aliphatic heterocycles. The van der Waals surface area contributed by atoms with Crippen molar-refractivity contribution in [2.24, 2.45) is 0 Å². The number of sulfone groups is 1. The summed E-state index contributed by atoms with van der Waals surface area (Å²) in [6.45, 7) is 5.23. The minimum absolute atomic E-state index is 0.0114. The summed E-state index contributed by atoms with van der Waals surface area (Å²) < 4.78 is 40.3. The van der Waals surface area contributed by atoms with Crippen LogP contribution in [-0.4, -0.2) is 49.7 Å². The zero-order valence-electron chi connectivity index (χ0n) is 22.6. The molecule has 1 atom stereocenters. The van der Waals surface area contributed by atoms with Crippen molar-refractivity contribution in [1.82, 2.24) is 4.98 Å². The lowest BCUT2D eigenvalue weighted by atomic mass is 9.90. The lowest BCUT2D eigenvalue weighted by Gasteiger charge is -2.17. The molecule has 0 fully saturated rings. The van der Waals surface area contributed by atoms with Crippen LogP contribution in [0.3, 0.4) is 0 Å². The highest BCUT2D eigenvalue weighted by Gasteiger charge is 2.27. The molecule has 0 radical (unpaired) electrons. The predicted octanol–water partition coefficient (Wildman–Crippen LogP) is 5.22. The number of hydrogen-bond acceptors (Lipinski definition) is 7. The molecule has 3 aromatic rings. The van der Waals surface area contributed by atoms with Crippen molar-refractivity contribution in [3.05, 3.63) is 70.9 Å². The van der Waals surface area contributed by atoms with Gasteiger partial charge in [0.2, 0.25) is 5.88 Å². The van der Waals surface area contributed by atoms with Crippen molar-refractivity contribution in [3.8, 4) is 28.5 Å². The lowest BCUT2D eigenvalue weighted by molar-refractivity contribution is -0.137. The van der Waals surface area contributed by atoms with E-state index in [1.807, 2.05) is 24.3 Å². The zero-order chi connectivity index (χ0) is 28.0. The van der Waals surface area contributed by atoms with E-state index in [1.54, 1.807) is 12.3 Å². The van der Waals surface area contributed by atoms with Gasteiger partial charge in [-0.25, -0.2) is 13.4 Å². The van der Waals surface area contributed by atoms with Gasteiger partial charge in [-0.15, -0.1) is 0 Å². The number of benzene rings is 2. The Morgan fingerprint density at radius 3 is 2.51 bits per heavy atom. The Balaban J connectivity index is 1.48. The lowest BCUT2D eigenvalue weighted by Crippen LogP contribution is -2.08. The molecule has 1 N–H and O–H groups in total. The Morgan fingerprint density at radius 1 is 1.10 bits per heavy atom. The molecule has 0 saturated heterocycles. The summed E-state index contributed by atoms with van der Waals surface area (Å²) in [4.78, 5) is 15.4. The molecule has 2 heterocycles. The second-order valence-electron chi connectivity index (χ2n) is 9.81. The van der Waals surface area contributed by atoms with E-state index in [1.165, 1.54) is 22.9 Å². The Morgan fingerprint density at radius 2 is 1.85 bits per heavy atom. The molecule has 2 aromatic carbocycles. The molecule has 0 amide bonds. The maximum Gasteiger partial charge on any atom is 0.304 e. The van der Waals surface area contributed by atoms with Crippen LogP contribution in [0.1, 0.15) is 54.9 Å². The van der Waals surface area contributed by atoms with Crippen LogP contribution in [0.15, 0.2) is 48.7 Å². The second-order valence-corrected chi connectivity index (χ2v) is 12.1. The van der Waals surface area contributed by atoms with Gasteiger partial charge < -0.3 is 19.3 Å². The Bertz CT molecular complexity index is 1410. The SMILES string of the molecule is CCc1cc(OCCCS(C)(=O)=O)cc(CC)c1-c1cccc(COc2cc3c(cn2)[C@H](CC(=O)O)CO3)c1. The normalized spacial score (nSPS) is 14.5. The first-order valence-corrected chi connectivity index (χ1v) is 15.3. The molecule has 1 aromatic heterocycles. The number of aromatic nitrogens is 1. The number of carboxylic acid groups (broad SMARTS) is 1. The van der Waals surface area contributed by atoms with Gasteiger partial charge in [-0.2, -0.15) is 0 Å². The number of ether oxygens (including phenoxy) is 3. The van der Waals surface area contributed by atoms with Crippen LogP contribution >= 0.6 is 0 Å². The molecule has 8 nitrogen and oxygen atoms in total. The van der Waals surface area contributed by atoms with Crippen molar-refractivity contribution in [2.75, 3.05) is 25.2 Å². The van der Waals surface area contributed by atoms with Crippen molar-refractivity contribution < 1.29 is 32.5 Å². The van der Waals surface area contributed by atoms with Crippen LogP contribution < -0.4 is 14.2 Å². The van der Waals surface area contributed by atoms with Crippen molar-refractivity contribution >= 4 is 15.8 Å². The number of nitrogens with zero attached hydrogens (tertiary/aromatic N) is 1. The summed E-state index contributed by atoms with van der Waals surface area (Å²) in [5.74, 6) is 0.868. The van der Waals surface area contributed by atoms with Crippen LogP contribution in [0.4, 0.5) is 0 Å². The molecule has 39 heavy (non-hydrogen) atoms. The molecule has 0 aliphatic carbocycles. The van der Waals surface area contributed by atoms with Crippen LogP contribution in [0.5, 0.6) is 17.4 Å². The summed E-state index contributed by atoms with van der Waals surface area (Å²) in [7, 11) is -3.00. The quantitative estimate of drug-likeness (QED) is 0.287. The van der Waals surface area contributed by atoms with Crippen LogP contribution in [0.25, 0.3) is 11.1 Å². The van der Waals surface area contributed by atoms with Crippen molar-refractivity contribution in [1.29, 1.82) is 0 Å². The van der Waals surface area contributed by atoms with Crippen LogP contribution in [0.2, 0.25) is 0 Å². The number of carbonyl (C=O) groups is 1. The van der Waals surface area contributed by atoms with Gasteiger partial charge in [-0.05, 0) is 65.3 Å². The fraction of sp³-hybridized carbons (Fsp3) is 0.400. The fourth-order valence-electron chi connectivity index (χ4n) is 4.83. The van der Waals surface area contributed by atoms with E-state index < -0.39 is 15.8 Å². The highest BCUT2D eigenvalue weighted by molar-refractivity contribution is 7.90. The third-order valence-corrected chi connectivity index (χ3v) is 7.77. The van der Waals surface area contributed by atoms with E-state index in [4.69, 9.17) is 19.3 Å². The van der Waals surface area contributed by atoms with Crippen molar-refractivity contribution in [2.45, 2.75) is 52.1 Å². The standard InChI is InChI=1S/C30H35NO7S/c1-4-21-13-25(36-10-7-11-39(3,34)35)14-22(5-2)30(21)23-9-6-8-20(12-23)18-38-28-16-27-26(17-31-28)24(19-37-27)15-29(32)33/h6,8-9,12-14,16-17,24H,4-5,7,10-11,15,18-19H2,1-3H3,(H,32,33)/t24-/m1/s1. The average Bonchev–Trinajstić information content (AvgIpc) is 3.30. The first-order chi connectivity index (χ1) is 18.7. The first kappa shape index (κ1) is 28.4. The summed E-state index contributed by atoms with van der Waals surface area (Å²) in [5.41, 5.74) is 6.39. The van der Waals surface area contributed by atoms with Gasteiger partial charge in [0.05, 0.1) is 25.4 Å². The molecule has 1 aliphatic rings. The minimum atomic E-state index is -3.00. The molecule has 0 unspecified atom stereocenters. The molecule has 208 valence electrons. The summed E-state index contributed by atoms with van der Waals surface area (Å²) in [6, 6.07) is 14.0. The maximum atomic E-state index is 11.4. The summed E-state index contributed by atoms with van der Waals surface area (Å²) >= 11 is 0. The van der Waals surface area contributed by atoms with Crippen LogP contribution in [0, 0.1) is 0 Å². The molecule has 9 heteroatoms.